The molecule has 2 rings (SSSR count). The third kappa shape index (κ3) is 2.06. The Morgan fingerprint density at radius 3 is 3.00 bits per heavy atom. The van der Waals surface area contributed by atoms with E-state index in [1.54, 1.807) is 0 Å². The molecule has 0 amide bonds. The van der Waals surface area contributed by atoms with E-state index in [0.29, 0.717) is 29.5 Å². The lowest BCUT2D eigenvalue weighted by atomic mass is 9.61. The zero-order chi connectivity index (χ0) is 12.5. The summed E-state index contributed by atoms with van der Waals surface area (Å²) in [5.74, 6) is 7.36. The fourth-order valence-corrected chi connectivity index (χ4v) is 4.25. The van der Waals surface area contributed by atoms with E-state index in [-0.39, 0.29) is 0 Å². The molecule has 1 heteroatoms. The predicted molar refractivity (Wildman–Crippen MR) is 70.3 cm³/mol. The Morgan fingerprint density at radius 1 is 1.53 bits per heavy atom. The highest BCUT2D eigenvalue weighted by Gasteiger charge is 2.50. The van der Waals surface area contributed by atoms with Crippen LogP contribution in [0.5, 0.6) is 0 Å². The van der Waals surface area contributed by atoms with Gasteiger partial charge in [-0.1, -0.05) is 31.9 Å². The van der Waals surface area contributed by atoms with Crippen molar-refractivity contribution in [2.45, 2.75) is 46.0 Å². The highest BCUT2D eigenvalue weighted by atomic mass is 16.1. The van der Waals surface area contributed by atoms with Gasteiger partial charge in [-0.15, -0.1) is 0 Å². The number of carbonyl (C=O) groups excluding carboxylic acids is 1. The molecule has 17 heavy (non-hydrogen) atoms. The average molecular weight is 230 g/mol. The van der Waals surface area contributed by atoms with Crippen LogP contribution in [-0.2, 0) is 4.79 Å². The molecule has 92 valence electrons. The third-order valence-electron chi connectivity index (χ3n) is 5.09. The molecule has 0 N–H and O–H groups in total. The molecule has 0 bridgehead atoms. The van der Waals surface area contributed by atoms with Crippen molar-refractivity contribution in [1.29, 1.82) is 0 Å². The number of fused-ring (bicyclic) bond motifs is 1. The van der Waals surface area contributed by atoms with Gasteiger partial charge in [0.2, 0.25) is 0 Å². The molecule has 0 spiro atoms. The molecule has 2 saturated carbocycles. The lowest BCUT2D eigenvalue weighted by Gasteiger charge is -2.43. The van der Waals surface area contributed by atoms with Crippen molar-refractivity contribution >= 4 is 6.29 Å². The first kappa shape index (κ1) is 12.4. The molecular weight excluding hydrogens is 208 g/mol. The molecule has 0 saturated heterocycles. The molecule has 0 heterocycles. The molecule has 0 aliphatic heterocycles. The van der Waals surface area contributed by atoms with Crippen molar-refractivity contribution in [2.75, 3.05) is 0 Å². The number of hydrogen-bond donors (Lipinski definition) is 0. The first-order chi connectivity index (χ1) is 8.09. The van der Waals surface area contributed by atoms with Gasteiger partial charge >= 0.3 is 0 Å². The first-order valence-electron chi connectivity index (χ1n) is 6.72. The van der Waals surface area contributed by atoms with Gasteiger partial charge in [0.05, 0.1) is 0 Å². The van der Waals surface area contributed by atoms with Crippen molar-refractivity contribution in [3.05, 3.63) is 12.2 Å². The second kappa shape index (κ2) is 4.69. The molecule has 2 aliphatic rings. The summed E-state index contributed by atoms with van der Waals surface area (Å²) < 4.78 is 0. The molecule has 0 aromatic rings. The molecule has 2 aliphatic carbocycles. The van der Waals surface area contributed by atoms with Crippen molar-refractivity contribution < 1.29 is 4.79 Å². The van der Waals surface area contributed by atoms with Gasteiger partial charge in [0.25, 0.3) is 0 Å². The highest BCUT2D eigenvalue weighted by Crippen LogP contribution is 2.58. The SMILES string of the molecule is C=C1CCC[C@]2(C)[C@@H]([C@H](C)C#CC=O)CC[C@@H]12. The summed E-state index contributed by atoms with van der Waals surface area (Å²) in [5.41, 5.74) is 1.84. The van der Waals surface area contributed by atoms with Gasteiger partial charge in [-0.2, -0.15) is 0 Å². The van der Waals surface area contributed by atoms with Crippen LogP contribution in [0.4, 0.5) is 0 Å². The molecule has 0 radical (unpaired) electrons. The molecular formula is C16H22O. The maximum atomic E-state index is 10.4. The van der Waals surface area contributed by atoms with Crippen molar-refractivity contribution in [2.24, 2.45) is 23.2 Å². The minimum absolute atomic E-state index is 0.334. The Morgan fingerprint density at radius 2 is 2.29 bits per heavy atom. The predicted octanol–water partition coefficient (Wildman–Crippen LogP) is 3.60. The summed E-state index contributed by atoms with van der Waals surface area (Å²) in [5, 5.41) is 0. The van der Waals surface area contributed by atoms with E-state index in [1.807, 2.05) is 0 Å². The maximum absolute atomic E-state index is 10.4. The van der Waals surface area contributed by atoms with Crippen LogP contribution in [0.2, 0.25) is 0 Å². The minimum atomic E-state index is 0.334. The van der Waals surface area contributed by atoms with Crippen LogP contribution in [-0.4, -0.2) is 6.29 Å². The van der Waals surface area contributed by atoms with Gasteiger partial charge < -0.3 is 0 Å². The normalized spacial score (nSPS) is 37.9. The molecule has 2 fully saturated rings. The fraction of sp³-hybridized carbons (Fsp3) is 0.688. The molecule has 0 aromatic carbocycles. The van der Waals surface area contributed by atoms with Gasteiger partial charge in [0.15, 0.2) is 6.29 Å². The van der Waals surface area contributed by atoms with E-state index >= 15 is 0 Å². The van der Waals surface area contributed by atoms with E-state index in [1.165, 1.54) is 37.7 Å². The van der Waals surface area contributed by atoms with E-state index in [4.69, 9.17) is 0 Å². The van der Waals surface area contributed by atoms with Crippen LogP contribution in [0.15, 0.2) is 12.2 Å². The number of carbonyl (C=O) groups is 1. The largest absolute Gasteiger partial charge is 0.289 e. The van der Waals surface area contributed by atoms with Crippen molar-refractivity contribution in [3.63, 3.8) is 0 Å². The first-order valence-corrected chi connectivity index (χ1v) is 6.72. The summed E-state index contributed by atoms with van der Waals surface area (Å²) in [7, 11) is 0. The minimum Gasteiger partial charge on any atom is -0.289 e. The monoisotopic (exact) mass is 230 g/mol. The Hall–Kier alpha value is -1.03. The average Bonchev–Trinajstić information content (AvgIpc) is 2.64. The lowest BCUT2D eigenvalue weighted by molar-refractivity contribution is -0.103. The third-order valence-corrected chi connectivity index (χ3v) is 5.09. The Balaban J connectivity index is 2.20. The number of rotatable bonds is 1. The van der Waals surface area contributed by atoms with Gasteiger partial charge in [-0.05, 0) is 55.3 Å². The van der Waals surface area contributed by atoms with Crippen LogP contribution in [0, 0.1) is 35.0 Å². The molecule has 1 nitrogen and oxygen atoms in total. The van der Waals surface area contributed by atoms with Crippen LogP contribution in [0.1, 0.15) is 46.0 Å². The number of allylic oxidation sites excluding steroid dienone is 1. The van der Waals surface area contributed by atoms with Crippen LogP contribution < -0.4 is 0 Å². The summed E-state index contributed by atoms with van der Waals surface area (Å²) in [6, 6.07) is 0. The topological polar surface area (TPSA) is 17.1 Å². The standard InChI is InChI=1S/C16H22O/c1-12-6-4-10-16(3)14(12)8-9-15(16)13(2)7-5-11-17/h11,13-15H,1,4,6,8-10H2,2-3H3/t13-,14+,15-,16+/m1/s1. The quantitative estimate of drug-likeness (QED) is 0.382. The van der Waals surface area contributed by atoms with Crippen LogP contribution in [0.25, 0.3) is 0 Å². The van der Waals surface area contributed by atoms with Gasteiger partial charge in [-0.25, -0.2) is 0 Å². The molecule has 0 unspecified atom stereocenters. The maximum Gasteiger partial charge on any atom is 0.192 e. The van der Waals surface area contributed by atoms with Crippen LogP contribution >= 0.6 is 0 Å². The van der Waals surface area contributed by atoms with Crippen molar-refractivity contribution in [1.82, 2.24) is 0 Å². The smallest absolute Gasteiger partial charge is 0.192 e. The summed E-state index contributed by atoms with van der Waals surface area (Å²) >= 11 is 0. The Kier molecular flexibility index (Phi) is 3.43. The second-order valence-electron chi connectivity index (χ2n) is 5.95. The number of aldehydes is 1. The molecule has 4 atom stereocenters. The zero-order valence-electron chi connectivity index (χ0n) is 11.0. The van der Waals surface area contributed by atoms with Gasteiger partial charge in [0.1, 0.15) is 0 Å². The lowest BCUT2D eigenvalue weighted by Crippen LogP contribution is -2.35. The number of hydrogen-bond acceptors (Lipinski definition) is 1. The zero-order valence-corrected chi connectivity index (χ0v) is 11.0. The second-order valence-corrected chi connectivity index (χ2v) is 5.95. The van der Waals surface area contributed by atoms with Gasteiger partial charge in [-0.3, -0.25) is 4.79 Å². The summed E-state index contributed by atoms with van der Waals surface area (Å²) in [6.07, 6.45) is 7.01. The Bertz CT molecular complexity index is 384. The fourth-order valence-electron chi connectivity index (χ4n) is 4.25. The van der Waals surface area contributed by atoms with Crippen molar-refractivity contribution in [3.8, 4) is 11.8 Å². The van der Waals surface area contributed by atoms with Crippen LogP contribution in [0.3, 0.4) is 0 Å². The van der Waals surface area contributed by atoms with E-state index in [2.05, 4.69) is 32.3 Å². The van der Waals surface area contributed by atoms with E-state index < -0.39 is 0 Å². The summed E-state index contributed by atoms with van der Waals surface area (Å²) in [4.78, 5) is 10.4. The van der Waals surface area contributed by atoms with Gasteiger partial charge in [0, 0.05) is 5.92 Å². The summed E-state index contributed by atoms with van der Waals surface area (Å²) in [6.45, 7) is 8.85. The van der Waals surface area contributed by atoms with E-state index in [0.717, 1.165) is 0 Å². The highest BCUT2D eigenvalue weighted by molar-refractivity contribution is 5.72. The Labute approximate surface area is 105 Å². The van der Waals surface area contributed by atoms with E-state index in [9.17, 15) is 4.79 Å². The molecule has 0 aromatic heterocycles.